The van der Waals surface area contributed by atoms with Crippen LogP contribution >= 0.6 is 0 Å². The van der Waals surface area contributed by atoms with Gasteiger partial charge in [-0.2, -0.15) is 0 Å². The van der Waals surface area contributed by atoms with Crippen molar-refractivity contribution in [3.63, 3.8) is 0 Å². The maximum absolute atomic E-state index is 12.2. The number of nitrogens with one attached hydrogen (secondary N) is 1. The molecule has 0 aliphatic carbocycles. The number of aryl methyl sites for hydroxylation is 3. The smallest absolute Gasteiger partial charge is 0.225 e. The number of ether oxygens (including phenoxy) is 1. The third-order valence-electron chi connectivity index (χ3n) is 4.44. The molecule has 0 unspecified atom stereocenters. The second kappa shape index (κ2) is 8.27. The number of aromatic nitrogens is 3. The van der Waals surface area contributed by atoms with E-state index < -0.39 is 0 Å². The molecule has 3 heterocycles. The normalized spacial score (nSPS) is 14.5. The van der Waals surface area contributed by atoms with Gasteiger partial charge in [-0.3, -0.25) is 4.79 Å². The van der Waals surface area contributed by atoms with Crippen molar-refractivity contribution in [2.75, 3.05) is 31.2 Å². The highest BCUT2D eigenvalue weighted by molar-refractivity contribution is 5.76. The first-order valence-corrected chi connectivity index (χ1v) is 8.88. The molecule has 1 saturated heterocycles. The Labute approximate surface area is 152 Å². The number of nitrogens with zero attached hydrogens (tertiary/aromatic N) is 4. The molecule has 140 valence electrons. The standard InChI is InChI=1S/C18H25N5O3/c1-12-10-15(21-18(20-12)23-6-8-25-9-7-23)11-19-17(24)5-4-16-13(2)22-26-14(16)3/h10H,4-9,11H2,1-3H3,(H,19,24). The van der Waals surface area contributed by atoms with Crippen LogP contribution in [0.25, 0.3) is 0 Å². The van der Waals surface area contributed by atoms with Gasteiger partial charge in [0, 0.05) is 30.8 Å². The van der Waals surface area contributed by atoms with Gasteiger partial charge in [0.05, 0.1) is 31.1 Å². The molecule has 0 spiro atoms. The maximum atomic E-state index is 12.2. The van der Waals surface area contributed by atoms with Crippen molar-refractivity contribution in [2.24, 2.45) is 0 Å². The van der Waals surface area contributed by atoms with Crippen LogP contribution in [0.3, 0.4) is 0 Å². The highest BCUT2D eigenvalue weighted by Gasteiger charge is 2.15. The van der Waals surface area contributed by atoms with Crippen molar-refractivity contribution in [3.8, 4) is 0 Å². The molecule has 2 aromatic heterocycles. The number of rotatable bonds is 6. The van der Waals surface area contributed by atoms with E-state index in [2.05, 4.69) is 25.3 Å². The summed E-state index contributed by atoms with van der Waals surface area (Å²) in [7, 11) is 0. The molecule has 0 atom stereocenters. The van der Waals surface area contributed by atoms with Crippen LogP contribution in [0, 0.1) is 20.8 Å². The van der Waals surface area contributed by atoms with E-state index in [1.165, 1.54) is 0 Å². The van der Waals surface area contributed by atoms with Gasteiger partial charge in [-0.25, -0.2) is 9.97 Å². The zero-order valence-electron chi connectivity index (χ0n) is 15.5. The molecule has 0 bridgehead atoms. The monoisotopic (exact) mass is 359 g/mol. The van der Waals surface area contributed by atoms with E-state index in [1.807, 2.05) is 26.8 Å². The lowest BCUT2D eigenvalue weighted by molar-refractivity contribution is -0.121. The SMILES string of the molecule is Cc1cc(CNC(=O)CCc2c(C)noc2C)nc(N2CCOCC2)n1. The summed E-state index contributed by atoms with van der Waals surface area (Å²) in [6.07, 6.45) is 1.01. The molecular weight excluding hydrogens is 334 g/mol. The largest absolute Gasteiger partial charge is 0.378 e. The molecule has 26 heavy (non-hydrogen) atoms. The summed E-state index contributed by atoms with van der Waals surface area (Å²) in [5.74, 6) is 1.46. The minimum absolute atomic E-state index is 0.0193. The molecule has 0 radical (unpaired) electrons. The van der Waals surface area contributed by atoms with Crippen LogP contribution in [0.4, 0.5) is 5.95 Å². The number of morpholine rings is 1. The van der Waals surface area contributed by atoms with E-state index in [4.69, 9.17) is 9.26 Å². The molecule has 0 aromatic carbocycles. The lowest BCUT2D eigenvalue weighted by Crippen LogP contribution is -2.37. The molecule has 3 rings (SSSR count). The molecule has 1 amide bonds. The Morgan fingerprint density at radius 3 is 2.69 bits per heavy atom. The van der Waals surface area contributed by atoms with Crippen molar-refractivity contribution >= 4 is 11.9 Å². The Hall–Kier alpha value is -2.48. The van der Waals surface area contributed by atoms with Crippen molar-refractivity contribution < 1.29 is 14.1 Å². The molecule has 8 nitrogen and oxygen atoms in total. The second-order valence-electron chi connectivity index (χ2n) is 6.48. The van der Waals surface area contributed by atoms with Crippen molar-refractivity contribution in [1.29, 1.82) is 0 Å². The first-order chi connectivity index (χ1) is 12.5. The molecular formula is C18H25N5O3. The van der Waals surface area contributed by atoms with Gasteiger partial charge >= 0.3 is 0 Å². The number of hydrogen-bond acceptors (Lipinski definition) is 7. The van der Waals surface area contributed by atoms with Gasteiger partial charge in [0.25, 0.3) is 0 Å². The van der Waals surface area contributed by atoms with E-state index in [9.17, 15) is 4.79 Å². The van der Waals surface area contributed by atoms with Gasteiger partial charge in [-0.05, 0) is 33.3 Å². The molecule has 0 saturated carbocycles. The Morgan fingerprint density at radius 1 is 1.23 bits per heavy atom. The minimum atomic E-state index is -0.0193. The van der Waals surface area contributed by atoms with Crippen molar-refractivity contribution in [1.82, 2.24) is 20.4 Å². The highest BCUT2D eigenvalue weighted by Crippen LogP contribution is 2.15. The topological polar surface area (TPSA) is 93.4 Å². The average molecular weight is 359 g/mol. The minimum Gasteiger partial charge on any atom is -0.378 e. The van der Waals surface area contributed by atoms with Crippen LogP contribution < -0.4 is 10.2 Å². The Bertz CT molecular complexity index is 749. The first kappa shape index (κ1) is 18.3. The number of anilines is 1. The van der Waals surface area contributed by atoms with E-state index >= 15 is 0 Å². The molecule has 2 aromatic rings. The third kappa shape index (κ3) is 4.57. The summed E-state index contributed by atoms with van der Waals surface area (Å²) in [5.41, 5.74) is 3.55. The van der Waals surface area contributed by atoms with Crippen molar-refractivity contribution in [3.05, 3.63) is 34.5 Å². The average Bonchev–Trinajstić information content (AvgIpc) is 2.96. The summed E-state index contributed by atoms with van der Waals surface area (Å²) in [4.78, 5) is 23.4. The van der Waals surface area contributed by atoms with Gasteiger partial charge in [-0.15, -0.1) is 0 Å². The van der Waals surface area contributed by atoms with Crippen molar-refractivity contribution in [2.45, 2.75) is 40.2 Å². The third-order valence-corrected chi connectivity index (χ3v) is 4.44. The molecule has 1 fully saturated rings. The van der Waals surface area contributed by atoms with Crippen LogP contribution in [0.15, 0.2) is 10.6 Å². The van der Waals surface area contributed by atoms with Gasteiger partial charge in [0.2, 0.25) is 11.9 Å². The fraction of sp³-hybridized carbons (Fsp3) is 0.556. The second-order valence-corrected chi connectivity index (χ2v) is 6.48. The Kier molecular flexibility index (Phi) is 5.82. The van der Waals surface area contributed by atoms with Gasteiger partial charge in [0.1, 0.15) is 5.76 Å². The van der Waals surface area contributed by atoms with Crippen LogP contribution in [0.2, 0.25) is 0 Å². The molecule has 1 aliphatic rings. The fourth-order valence-corrected chi connectivity index (χ4v) is 2.99. The van der Waals surface area contributed by atoms with E-state index in [0.29, 0.717) is 38.5 Å². The summed E-state index contributed by atoms with van der Waals surface area (Å²) in [6, 6.07) is 1.90. The summed E-state index contributed by atoms with van der Waals surface area (Å²) in [6.45, 7) is 9.02. The summed E-state index contributed by atoms with van der Waals surface area (Å²) < 4.78 is 10.5. The Balaban J connectivity index is 1.55. The predicted molar refractivity (Wildman–Crippen MR) is 95.9 cm³/mol. The van der Waals surface area contributed by atoms with Crippen LogP contribution in [0.1, 0.15) is 34.8 Å². The maximum Gasteiger partial charge on any atom is 0.225 e. The zero-order valence-corrected chi connectivity index (χ0v) is 15.5. The highest BCUT2D eigenvalue weighted by atomic mass is 16.5. The van der Waals surface area contributed by atoms with E-state index in [1.54, 1.807) is 0 Å². The summed E-state index contributed by atoms with van der Waals surface area (Å²) in [5, 5.41) is 6.85. The van der Waals surface area contributed by atoms with Crippen LogP contribution in [0.5, 0.6) is 0 Å². The number of hydrogen-bond donors (Lipinski definition) is 1. The van der Waals surface area contributed by atoms with Gasteiger partial charge in [-0.1, -0.05) is 5.16 Å². The summed E-state index contributed by atoms with van der Waals surface area (Å²) >= 11 is 0. The molecule has 1 aliphatic heterocycles. The fourth-order valence-electron chi connectivity index (χ4n) is 2.99. The van der Waals surface area contributed by atoms with Crippen LogP contribution in [-0.2, 0) is 22.5 Å². The van der Waals surface area contributed by atoms with Crippen LogP contribution in [-0.4, -0.2) is 47.3 Å². The zero-order chi connectivity index (χ0) is 18.5. The van der Waals surface area contributed by atoms with E-state index in [0.717, 1.165) is 41.5 Å². The molecule has 1 N–H and O–H groups in total. The number of carbonyl (C=O) groups excluding carboxylic acids is 1. The number of amides is 1. The Morgan fingerprint density at radius 2 is 2.00 bits per heavy atom. The lowest BCUT2D eigenvalue weighted by atomic mass is 10.1. The quantitative estimate of drug-likeness (QED) is 0.835. The van der Waals surface area contributed by atoms with E-state index in [-0.39, 0.29) is 5.91 Å². The van der Waals surface area contributed by atoms with Gasteiger partial charge < -0.3 is 19.5 Å². The molecule has 8 heteroatoms. The van der Waals surface area contributed by atoms with Gasteiger partial charge in [0.15, 0.2) is 0 Å². The lowest BCUT2D eigenvalue weighted by Gasteiger charge is -2.27. The number of carbonyl (C=O) groups is 1. The first-order valence-electron chi connectivity index (χ1n) is 8.88. The predicted octanol–water partition coefficient (Wildman–Crippen LogP) is 1.48.